The quantitative estimate of drug-likeness (QED) is 0.779. The van der Waals surface area contributed by atoms with E-state index in [9.17, 15) is 13.9 Å². The molecule has 0 saturated heterocycles. The SMILES string of the molecule is CSCCCC(O)Cc1cccc(F)c1F. The molecular weight excluding hydrogens is 230 g/mol. The highest BCUT2D eigenvalue weighted by molar-refractivity contribution is 7.98. The minimum atomic E-state index is -0.853. The molecule has 0 aliphatic rings. The highest BCUT2D eigenvalue weighted by atomic mass is 32.2. The van der Waals surface area contributed by atoms with E-state index in [4.69, 9.17) is 0 Å². The molecular formula is C12H16F2OS. The molecule has 0 aliphatic carbocycles. The Morgan fingerprint density at radius 3 is 2.81 bits per heavy atom. The lowest BCUT2D eigenvalue weighted by Crippen LogP contribution is -2.12. The van der Waals surface area contributed by atoms with E-state index in [0.29, 0.717) is 6.42 Å². The first-order chi connectivity index (χ1) is 7.65. The summed E-state index contributed by atoms with van der Waals surface area (Å²) in [6.45, 7) is 0. The Bertz CT molecular complexity index is 331. The van der Waals surface area contributed by atoms with Crippen LogP contribution in [0.2, 0.25) is 0 Å². The van der Waals surface area contributed by atoms with E-state index in [2.05, 4.69) is 0 Å². The fourth-order valence-electron chi connectivity index (χ4n) is 1.53. The van der Waals surface area contributed by atoms with Crippen molar-refractivity contribution in [3.8, 4) is 0 Å². The summed E-state index contributed by atoms with van der Waals surface area (Å²) in [6.07, 6.45) is 3.09. The van der Waals surface area contributed by atoms with Gasteiger partial charge in [-0.1, -0.05) is 12.1 Å². The van der Waals surface area contributed by atoms with Gasteiger partial charge in [0.25, 0.3) is 0 Å². The summed E-state index contributed by atoms with van der Waals surface area (Å²) < 4.78 is 26.1. The zero-order chi connectivity index (χ0) is 12.0. The van der Waals surface area contributed by atoms with Crippen LogP contribution in [0.3, 0.4) is 0 Å². The van der Waals surface area contributed by atoms with Crippen LogP contribution in [-0.4, -0.2) is 23.2 Å². The number of aliphatic hydroxyl groups is 1. The maximum Gasteiger partial charge on any atom is 0.162 e. The van der Waals surface area contributed by atoms with Gasteiger partial charge in [0.05, 0.1) is 6.10 Å². The Hall–Kier alpha value is -0.610. The minimum absolute atomic E-state index is 0.179. The topological polar surface area (TPSA) is 20.2 Å². The second kappa shape index (κ2) is 6.86. The summed E-state index contributed by atoms with van der Waals surface area (Å²) in [6, 6.07) is 4.05. The second-order valence-electron chi connectivity index (χ2n) is 3.71. The van der Waals surface area contributed by atoms with Crippen molar-refractivity contribution in [1.29, 1.82) is 0 Å². The van der Waals surface area contributed by atoms with E-state index in [0.717, 1.165) is 18.2 Å². The molecule has 1 aromatic rings. The lowest BCUT2D eigenvalue weighted by Gasteiger charge is -2.10. The van der Waals surface area contributed by atoms with Gasteiger partial charge in [0.2, 0.25) is 0 Å². The van der Waals surface area contributed by atoms with Gasteiger partial charge < -0.3 is 5.11 Å². The highest BCUT2D eigenvalue weighted by Crippen LogP contribution is 2.15. The first-order valence-corrected chi connectivity index (χ1v) is 6.64. The summed E-state index contributed by atoms with van der Waals surface area (Å²) in [5.74, 6) is -0.719. The maximum absolute atomic E-state index is 13.3. The lowest BCUT2D eigenvalue weighted by atomic mass is 10.0. The van der Waals surface area contributed by atoms with Gasteiger partial charge in [-0.25, -0.2) is 8.78 Å². The van der Waals surface area contributed by atoms with Crippen molar-refractivity contribution in [2.24, 2.45) is 0 Å². The van der Waals surface area contributed by atoms with E-state index >= 15 is 0 Å². The zero-order valence-corrected chi connectivity index (χ0v) is 10.1. The zero-order valence-electron chi connectivity index (χ0n) is 9.25. The van der Waals surface area contributed by atoms with E-state index < -0.39 is 17.7 Å². The highest BCUT2D eigenvalue weighted by Gasteiger charge is 2.11. The molecule has 90 valence electrons. The van der Waals surface area contributed by atoms with Crippen LogP contribution in [0.25, 0.3) is 0 Å². The van der Waals surface area contributed by atoms with Crippen molar-refractivity contribution in [2.45, 2.75) is 25.4 Å². The van der Waals surface area contributed by atoms with Crippen LogP contribution >= 0.6 is 11.8 Å². The van der Waals surface area contributed by atoms with Crippen molar-refractivity contribution in [2.75, 3.05) is 12.0 Å². The number of rotatable bonds is 6. The first kappa shape index (κ1) is 13.5. The van der Waals surface area contributed by atoms with Crippen molar-refractivity contribution in [3.63, 3.8) is 0 Å². The summed E-state index contributed by atoms with van der Waals surface area (Å²) in [5, 5.41) is 9.65. The molecule has 0 heterocycles. The molecule has 1 N–H and O–H groups in total. The van der Waals surface area contributed by atoms with Gasteiger partial charge in [-0.05, 0) is 36.5 Å². The van der Waals surface area contributed by atoms with Gasteiger partial charge in [0.1, 0.15) is 0 Å². The molecule has 1 nitrogen and oxygen atoms in total. The molecule has 0 aromatic heterocycles. The molecule has 4 heteroatoms. The smallest absolute Gasteiger partial charge is 0.162 e. The fourth-order valence-corrected chi connectivity index (χ4v) is 1.98. The summed E-state index contributed by atoms with van der Waals surface area (Å²) in [5.41, 5.74) is 0.247. The Balaban J connectivity index is 2.49. The molecule has 0 fully saturated rings. The van der Waals surface area contributed by atoms with E-state index in [1.165, 1.54) is 12.1 Å². The van der Waals surface area contributed by atoms with Gasteiger partial charge in [0, 0.05) is 6.42 Å². The molecule has 0 spiro atoms. The molecule has 1 rings (SSSR count). The molecule has 16 heavy (non-hydrogen) atoms. The molecule has 1 aromatic carbocycles. The average Bonchev–Trinajstić information content (AvgIpc) is 2.25. The van der Waals surface area contributed by atoms with Crippen molar-refractivity contribution < 1.29 is 13.9 Å². The first-order valence-electron chi connectivity index (χ1n) is 5.25. The Kier molecular flexibility index (Phi) is 5.77. The van der Waals surface area contributed by atoms with E-state index in [1.807, 2.05) is 6.26 Å². The second-order valence-corrected chi connectivity index (χ2v) is 4.69. The average molecular weight is 246 g/mol. The predicted molar refractivity (Wildman–Crippen MR) is 63.7 cm³/mol. The van der Waals surface area contributed by atoms with Gasteiger partial charge in [-0.15, -0.1) is 0 Å². The van der Waals surface area contributed by atoms with Crippen LogP contribution in [0.4, 0.5) is 8.78 Å². The van der Waals surface area contributed by atoms with Crippen molar-refractivity contribution in [1.82, 2.24) is 0 Å². The van der Waals surface area contributed by atoms with Crippen LogP contribution in [-0.2, 0) is 6.42 Å². The van der Waals surface area contributed by atoms with Gasteiger partial charge in [-0.2, -0.15) is 11.8 Å². The normalized spacial score (nSPS) is 12.8. The predicted octanol–water partition coefficient (Wildman–Crippen LogP) is 3.01. The van der Waals surface area contributed by atoms with E-state index in [1.54, 1.807) is 11.8 Å². The number of hydrogen-bond donors (Lipinski definition) is 1. The number of benzene rings is 1. The van der Waals surface area contributed by atoms with Crippen molar-refractivity contribution >= 4 is 11.8 Å². The van der Waals surface area contributed by atoms with Crippen LogP contribution in [0.15, 0.2) is 18.2 Å². The lowest BCUT2D eigenvalue weighted by molar-refractivity contribution is 0.163. The maximum atomic E-state index is 13.3. The monoisotopic (exact) mass is 246 g/mol. The van der Waals surface area contributed by atoms with Gasteiger partial charge >= 0.3 is 0 Å². The third-order valence-corrected chi connectivity index (χ3v) is 3.07. The standard InChI is InChI=1S/C12H16F2OS/c1-16-7-3-5-10(15)8-9-4-2-6-11(13)12(9)14/h2,4,6,10,15H,3,5,7-8H2,1H3. The van der Waals surface area contributed by atoms with Gasteiger partial charge in [0.15, 0.2) is 11.6 Å². The van der Waals surface area contributed by atoms with Crippen LogP contribution < -0.4 is 0 Å². The molecule has 0 amide bonds. The minimum Gasteiger partial charge on any atom is -0.393 e. The Labute approximate surface area is 98.9 Å². The summed E-state index contributed by atoms with van der Waals surface area (Å²) in [4.78, 5) is 0. The third-order valence-electron chi connectivity index (χ3n) is 2.37. The Morgan fingerprint density at radius 2 is 2.12 bits per heavy atom. The Morgan fingerprint density at radius 1 is 1.38 bits per heavy atom. The van der Waals surface area contributed by atoms with Gasteiger partial charge in [-0.3, -0.25) is 0 Å². The number of hydrogen-bond acceptors (Lipinski definition) is 2. The van der Waals surface area contributed by atoms with E-state index in [-0.39, 0.29) is 12.0 Å². The molecule has 0 saturated carbocycles. The molecule has 0 radical (unpaired) electrons. The molecule has 1 unspecified atom stereocenters. The number of thioether (sulfide) groups is 1. The fraction of sp³-hybridized carbons (Fsp3) is 0.500. The van der Waals surface area contributed by atoms with Crippen LogP contribution in [0.1, 0.15) is 18.4 Å². The third kappa shape index (κ3) is 4.10. The van der Waals surface area contributed by atoms with Crippen molar-refractivity contribution in [3.05, 3.63) is 35.4 Å². The number of halogens is 2. The van der Waals surface area contributed by atoms with Crippen LogP contribution in [0, 0.1) is 11.6 Å². The van der Waals surface area contributed by atoms with Crippen LogP contribution in [0.5, 0.6) is 0 Å². The molecule has 1 atom stereocenters. The molecule has 0 bridgehead atoms. The molecule has 0 aliphatic heterocycles. The largest absolute Gasteiger partial charge is 0.393 e. The number of aliphatic hydroxyl groups excluding tert-OH is 1. The summed E-state index contributed by atoms with van der Waals surface area (Å²) in [7, 11) is 0. The summed E-state index contributed by atoms with van der Waals surface area (Å²) >= 11 is 1.71.